The molecule has 3 atom stereocenters. The summed E-state index contributed by atoms with van der Waals surface area (Å²) in [6.07, 6.45) is 9.67. The number of sulfonamides is 1. The summed E-state index contributed by atoms with van der Waals surface area (Å²) >= 11 is 0. The summed E-state index contributed by atoms with van der Waals surface area (Å²) in [5, 5.41) is 0.340. The van der Waals surface area contributed by atoms with Gasteiger partial charge < -0.3 is 9.30 Å². The summed E-state index contributed by atoms with van der Waals surface area (Å²) in [5.74, 6) is 1.07. The summed E-state index contributed by atoms with van der Waals surface area (Å²) in [6.45, 7) is 7.26. The summed E-state index contributed by atoms with van der Waals surface area (Å²) in [6, 6.07) is 15.6. The van der Waals surface area contributed by atoms with Crippen LogP contribution in [-0.4, -0.2) is 72.6 Å². The Morgan fingerprint density at radius 3 is 2.60 bits per heavy atom. The Bertz CT molecular complexity index is 1490. The van der Waals surface area contributed by atoms with Gasteiger partial charge in [-0.15, -0.1) is 0 Å². The number of hydrogen-bond donors (Lipinski definition) is 0. The molecule has 3 aliphatic rings. The van der Waals surface area contributed by atoms with Gasteiger partial charge >= 0.3 is 0 Å². The van der Waals surface area contributed by atoms with E-state index in [1.807, 2.05) is 10.6 Å². The maximum absolute atomic E-state index is 14.1. The quantitative estimate of drug-likeness (QED) is 0.400. The number of methoxy groups -OCH3 is 1. The van der Waals surface area contributed by atoms with Crippen LogP contribution in [0.5, 0.6) is 0 Å². The Kier molecular flexibility index (Phi) is 7.70. The molecular formula is C32H40N4O3S. The van der Waals surface area contributed by atoms with E-state index >= 15 is 0 Å². The van der Waals surface area contributed by atoms with Crippen LogP contribution in [0.2, 0.25) is 0 Å². The zero-order valence-corrected chi connectivity index (χ0v) is 24.6. The van der Waals surface area contributed by atoms with Gasteiger partial charge in [-0.05, 0) is 54.5 Å². The van der Waals surface area contributed by atoms with Crippen molar-refractivity contribution in [1.29, 1.82) is 0 Å². The first-order valence-electron chi connectivity index (χ1n) is 14.5. The van der Waals surface area contributed by atoms with Crippen LogP contribution >= 0.6 is 0 Å². The lowest BCUT2D eigenvalue weighted by molar-refractivity contribution is -0.0508. The highest BCUT2D eigenvalue weighted by Gasteiger charge is 2.50. The van der Waals surface area contributed by atoms with E-state index in [2.05, 4.69) is 72.3 Å². The fraction of sp³-hybridized carbons (Fsp3) is 0.469. The van der Waals surface area contributed by atoms with Gasteiger partial charge in [0.05, 0.1) is 12.8 Å². The molecule has 7 nitrogen and oxygen atoms in total. The lowest BCUT2D eigenvalue weighted by atomic mass is 9.74. The molecule has 1 aromatic heterocycles. The zero-order chi connectivity index (χ0) is 27.9. The van der Waals surface area contributed by atoms with Crippen LogP contribution in [0.15, 0.2) is 65.8 Å². The number of aromatic nitrogens is 2. The van der Waals surface area contributed by atoms with Crippen LogP contribution in [0.3, 0.4) is 0 Å². The Balaban J connectivity index is 1.30. The number of rotatable bonds is 6. The fourth-order valence-corrected chi connectivity index (χ4v) is 8.39. The van der Waals surface area contributed by atoms with Gasteiger partial charge in [-0.25, -0.2) is 13.4 Å². The Morgan fingerprint density at radius 1 is 1.00 bits per heavy atom. The van der Waals surface area contributed by atoms with Gasteiger partial charge in [-0.1, -0.05) is 61.0 Å². The van der Waals surface area contributed by atoms with Crippen LogP contribution in [-0.2, 0) is 27.7 Å². The molecule has 1 fully saturated rings. The predicted molar refractivity (Wildman–Crippen MR) is 158 cm³/mol. The number of benzene rings is 2. The fourth-order valence-electron chi connectivity index (χ4n) is 6.84. The van der Waals surface area contributed by atoms with E-state index in [0.29, 0.717) is 31.3 Å². The Labute approximate surface area is 238 Å². The average molecular weight is 561 g/mol. The third kappa shape index (κ3) is 4.85. The highest BCUT2D eigenvalue weighted by Crippen LogP contribution is 2.43. The first-order chi connectivity index (χ1) is 19.4. The third-order valence-corrected chi connectivity index (χ3v) is 11.0. The van der Waals surface area contributed by atoms with Crippen LogP contribution < -0.4 is 0 Å². The smallest absolute Gasteiger partial charge is 0.260 e. The molecule has 0 spiro atoms. The molecule has 0 radical (unpaired) electrons. The number of aryl methyl sites for hydroxylation is 2. The Hall–Kier alpha value is -2.78. The molecule has 3 aliphatic heterocycles. The predicted octanol–water partition coefficient (Wildman–Crippen LogP) is 4.94. The van der Waals surface area contributed by atoms with Crippen molar-refractivity contribution in [3.8, 4) is 11.1 Å². The van der Waals surface area contributed by atoms with Gasteiger partial charge in [0.25, 0.3) is 10.0 Å². The number of imidazole rings is 1. The molecule has 40 heavy (non-hydrogen) atoms. The summed E-state index contributed by atoms with van der Waals surface area (Å²) in [7, 11) is -1.95. The second-order valence-electron chi connectivity index (χ2n) is 11.5. The van der Waals surface area contributed by atoms with E-state index in [4.69, 9.17) is 4.74 Å². The SMILES string of the molecule is COCC1[C@@H](c2ccc(-c3cccc(C)c3C)cc2)[C@@H]2CN(S(=O)(=O)c3cnc4n3CCCCC4)CC=CCN12. The highest BCUT2D eigenvalue weighted by molar-refractivity contribution is 7.89. The molecule has 0 bridgehead atoms. The van der Waals surface area contributed by atoms with Gasteiger partial charge in [0.1, 0.15) is 5.82 Å². The summed E-state index contributed by atoms with van der Waals surface area (Å²) in [4.78, 5) is 6.93. The molecule has 0 N–H and O–H groups in total. The monoisotopic (exact) mass is 560 g/mol. The van der Waals surface area contributed by atoms with Crippen molar-refractivity contribution in [2.45, 2.75) is 69.1 Å². The molecule has 2 aromatic carbocycles. The van der Waals surface area contributed by atoms with E-state index in [0.717, 1.165) is 38.1 Å². The number of fused-ring (bicyclic) bond motifs is 2. The summed E-state index contributed by atoms with van der Waals surface area (Å²) in [5.41, 5.74) is 6.28. The number of ether oxygens (including phenoxy) is 1. The topological polar surface area (TPSA) is 67.7 Å². The van der Waals surface area contributed by atoms with Crippen LogP contribution in [0, 0.1) is 13.8 Å². The molecule has 8 heteroatoms. The maximum atomic E-state index is 14.1. The van der Waals surface area contributed by atoms with Crippen molar-refractivity contribution in [3.63, 3.8) is 0 Å². The van der Waals surface area contributed by atoms with E-state index in [1.165, 1.54) is 27.8 Å². The molecule has 6 rings (SSSR count). The number of hydrogen-bond acceptors (Lipinski definition) is 5. The Morgan fingerprint density at radius 2 is 1.80 bits per heavy atom. The lowest BCUT2D eigenvalue weighted by Crippen LogP contribution is -2.67. The van der Waals surface area contributed by atoms with Crippen molar-refractivity contribution in [2.24, 2.45) is 0 Å². The molecule has 212 valence electrons. The van der Waals surface area contributed by atoms with E-state index in [1.54, 1.807) is 17.6 Å². The molecule has 0 amide bonds. The largest absolute Gasteiger partial charge is 0.383 e. The molecule has 3 aromatic rings. The number of nitrogens with zero attached hydrogens (tertiary/aromatic N) is 4. The van der Waals surface area contributed by atoms with E-state index in [9.17, 15) is 8.42 Å². The van der Waals surface area contributed by atoms with Gasteiger partial charge in [0, 0.05) is 57.7 Å². The average Bonchev–Trinajstić information content (AvgIpc) is 3.21. The second kappa shape index (κ2) is 11.2. The molecule has 1 unspecified atom stereocenters. The van der Waals surface area contributed by atoms with E-state index in [-0.39, 0.29) is 18.0 Å². The minimum Gasteiger partial charge on any atom is -0.383 e. The maximum Gasteiger partial charge on any atom is 0.260 e. The van der Waals surface area contributed by atoms with Gasteiger partial charge in [0.15, 0.2) is 5.03 Å². The second-order valence-corrected chi connectivity index (χ2v) is 13.3. The van der Waals surface area contributed by atoms with Crippen molar-refractivity contribution in [1.82, 2.24) is 18.8 Å². The van der Waals surface area contributed by atoms with Crippen LogP contribution in [0.25, 0.3) is 11.1 Å². The van der Waals surface area contributed by atoms with Crippen molar-refractivity contribution in [2.75, 3.05) is 33.4 Å². The molecule has 0 aliphatic carbocycles. The van der Waals surface area contributed by atoms with Gasteiger partial charge in [-0.2, -0.15) is 4.31 Å². The lowest BCUT2D eigenvalue weighted by Gasteiger charge is -2.56. The molecule has 1 saturated heterocycles. The van der Waals surface area contributed by atoms with Crippen molar-refractivity contribution in [3.05, 3.63) is 83.3 Å². The first kappa shape index (κ1) is 27.4. The van der Waals surface area contributed by atoms with Crippen LogP contribution in [0.1, 0.15) is 47.7 Å². The summed E-state index contributed by atoms with van der Waals surface area (Å²) < 4.78 is 37.4. The third-order valence-electron chi connectivity index (χ3n) is 9.20. The minimum absolute atomic E-state index is 0.0676. The van der Waals surface area contributed by atoms with Crippen molar-refractivity contribution < 1.29 is 13.2 Å². The molecule has 0 saturated carbocycles. The zero-order valence-electron chi connectivity index (χ0n) is 23.8. The van der Waals surface area contributed by atoms with Gasteiger partial charge in [0.2, 0.25) is 0 Å². The highest BCUT2D eigenvalue weighted by atomic mass is 32.2. The van der Waals surface area contributed by atoms with Crippen molar-refractivity contribution >= 4 is 10.0 Å². The standard InChI is InChI=1S/C32H40N4O3S/c1-23-10-9-11-27(24(23)2)25-13-15-26(16-14-25)32-28-21-34(17-7-8-18-35(28)29(32)22-39-3)40(37,38)31-20-33-30-12-5-4-6-19-36(30)31/h7-11,13-16,20,28-29,32H,4-6,12,17-19,21-22H2,1-3H3/t28-,29?,32-/m0/s1. The normalized spacial score (nSPS) is 23.9. The van der Waals surface area contributed by atoms with E-state index < -0.39 is 10.0 Å². The van der Waals surface area contributed by atoms with Gasteiger partial charge in [-0.3, -0.25) is 4.90 Å². The first-order valence-corrected chi connectivity index (χ1v) is 15.9. The minimum atomic E-state index is -3.70. The van der Waals surface area contributed by atoms with Crippen LogP contribution in [0.4, 0.5) is 0 Å². The molecule has 4 heterocycles. The molecular weight excluding hydrogens is 520 g/mol.